The van der Waals surface area contributed by atoms with Crippen LogP contribution >= 0.6 is 0 Å². The number of nitrogens with two attached hydrogens (primary N) is 2. The molecule has 0 radical (unpaired) electrons. The molecule has 28 heavy (non-hydrogen) atoms. The van der Waals surface area contributed by atoms with Crippen LogP contribution in [0.5, 0.6) is 0 Å². The normalized spacial score (nSPS) is 11.7. The molecule has 0 aliphatic carbocycles. The van der Waals surface area contributed by atoms with Crippen molar-refractivity contribution >= 4 is 17.6 Å². The Morgan fingerprint density at radius 1 is 1.36 bits per heavy atom. The fourth-order valence-electron chi connectivity index (χ4n) is 2.73. The van der Waals surface area contributed by atoms with Gasteiger partial charge in [0, 0.05) is 31.4 Å². The third-order valence-corrected chi connectivity index (χ3v) is 4.19. The third-order valence-electron chi connectivity index (χ3n) is 4.19. The van der Waals surface area contributed by atoms with Crippen LogP contribution in [0.25, 0.3) is 0 Å². The maximum absolute atomic E-state index is 12.9. The lowest BCUT2D eigenvalue weighted by Crippen LogP contribution is -2.49. The Kier molecular flexibility index (Phi) is 9.09. The maximum Gasteiger partial charge on any atom is 0.328 e. The number of aliphatic imine (C=N–C) groups is 1. The molecule has 1 heterocycles. The van der Waals surface area contributed by atoms with E-state index in [1.165, 1.54) is 18.0 Å². The molecule has 1 aromatic heterocycles. The van der Waals surface area contributed by atoms with Gasteiger partial charge >= 0.3 is 5.69 Å². The van der Waals surface area contributed by atoms with Crippen molar-refractivity contribution in [3.05, 3.63) is 32.6 Å². The molecule has 0 fully saturated rings. The molecule has 0 bridgehead atoms. The third kappa shape index (κ3) is 6.99. The molecule has 0 aliphatic heterocycles. The number of amides is 1. The van der Waals surface area contributed by atoms with E-state index in [1.54, 1.807) is 14.0 Å². The largest absolute Gasteiger partial charge is 0.370 e. The molecule has 6 N–H and O–H groups in total. The molecule has 0 saturated carbocycles. The number of hydrogen-bond acceptors (Lipinski definition) is 6. The molecule has 1 atom stereocenters. The molecule has 11 heteroatoms. The van der Waals surface area contributed by atoms with E-state index in [-0.39, 0.29) is 18.3 Å². The van der Waals surface area contributed by atoms with Gasteiger partial charge in [-0.15, -0.1) is 0 Å². The summed E-state index contributed by atoms with van der Waals surface area (Å²) in [5, 5.41) is 2.94. The molecular formula is C17H29N7O4. The number of guanidine groups is 1. The van der Waals surface area contributed by atoms with Crippen molar-refractivity contribution in [3.8, 4) is 0 Å². The first-order valence-corrected chi connectivity index (χ1v) is 8.97. The van der Waals surface area contributed by atoms with Gasteiger partial charge in [0.2, 0.25) is 5.91 Å². The van der Waals surface area contributed by atoms with Crippen molar-refractivity contribution in [2.24, 2.45) is 16.5 Å². The zero-order chi connectivity index (χ0) is 21.3. The number of H-pyrrole nitrogens is 1. The van der Waals surface area contributed by atoms with Crippen molar-refractivity contribution < 1.29 is 9.59 Å². The van der Waals surface area contributed by atoms with Crippen molar-refractivity contribution in [3.63, 3.8) is 0 Å². The van der Waals surface area contributed by atoms with Crippen LogP contribution < -0.4 is 28.0 Å². The number of carbonyl (C=O) groups is 2. The molecule has 0 unspecified atom stereocenters. The second-order valence-corrected chi connectivity index (χ2v) is 6.47. The lowest BCUT2D eigenvalue weighted by molar-refractivity contribution is -0.139. The van der Waals surface area contributed by atoms with E-state index in [9.17, 15) is 19.2 Å². The van der Waals surface area contributed by atoms with Gasteiger partial charge in [-0.05, 0) is 33.7 Å². The Balaban J connectivity index is 3.02. The Bertz CT molecular complexity index is 824. The van der Waals surface area contributed by atoms with Gasteiger partial charge in [0.25, 0.3) is 5.56 Å². The van der Waals surface area contributed by atoms with Gasteiger partial charge in [-0.1, -0.05) is 0 Å². The molecule has 1 amide bonds. The first-order chi connectivity index (χ1) is 13.2. The summed E-state index contributed by atoms with van der Waals surface area (Å²) in [5.74, 6) is -0.597. The lowest BCUT2D eigenvalue weighted by atomic mass is 10.1. The van der Waals surface area contributed by atoms with E-state index in [0.717, 1.165) is 4.57 Å². The van der Waals surface area contributed by atoms with Crippen LogP contribution in [0.2, 0.25) is 0 Å². The highest BCUT2D eigenvalue weighted by Crippen LogP contribution is 2.10. The topological polar surface area (TPSA) is 169 Å². The van der Waals surface area contributed by atoms with E-state index in [0.29, 0.717) is 38.0 Å². The van der Waals surface area contributed by atoms with Gasteiger partial charge in [0.15, 0.2) is 11.7 Å². The monoisotopic (exact) mass is 395 g/mol. The fourth-order valence-corrected chi connectivity index (χ4v) is 2.73. The first-order valence-electron chi connectivity index (χ1n) is 8.97. The average Bonchev–Trinajstić information content (AvgIpc) is 2.61. The van der Waals surface area contributed by atoms with Gasteiger partial charge in [0.05, 0.1) is 6.04 Å². The lowest BCUT2D eigenvalue weighted by Gasteiger charge is -2.30. The Hall–Kier alpha value is -2.95. The number of carbonyl (C=O) groups excluding carboxylic acids is 2. The van der Waals surface area contributed by atoms with Gasteiger partial charge < -0.3 is 21.7 Å². The van der Waals surface area contributed by atoms with Crippen molar-refractivity contribution in [1.29, 1.82) is 0 Å². The fraction of sp³-hybridized carbons (Fsp3) is 0.588. The minimum atomic E-state index is -0.676. The summed E-state index contributed by atoms with van der Waals surface area (Å²) in [6.07, 6.45) is 2.24. The van der Waals surface area contributed by atoms with Crippen molar-refractivity contribution in [2.75, 3.05) is 26.7 Å². The number of nitrogens with one attached hydrogen (secondary N) is 2. The van der Waals surface area contributed by atoms with Crippen LogP contribution in [0, 0.1) is 6.92 Å². The number of Topliss-reactive ketones (excluding diaryl/α,β-unsaturated/α-hetero) is 1. The minimum Gasteiger partial charge on any atom is -0.370 e. The molecule has 156 valence electrons. The van der Waals surface area contributed by atoms with Crippen LogP contribution in [0.15, 0.2) is 20.8 Å². The minimum absolute atomic E-state index is 0.0321. The highest BCUT2D eigenvalue weighted by Gasteiger charge is 2.27. The van der Waals surface area contributed by atoms with Gasteiger partial charge in [0.1, 0.15) is 6.54 Å². The number of ketones is 1. The predicted octanol–water partition coefficient (Wildman–Crippen LogP) is -2.10. The molecule has 1 aromatic rings. The number of nitrogens with zero attached hydrogens (tertiary/aromatic N) is 3. The van der Waals surface area contributed by atoms with E-state index in [4.69, 9.17) is 11.5 Å². The zero-order valence-electron chi connectivity index (χ0n) is 16.5. The van der Waals surface area contributed by atoms with Gasteiger partial charge in [-0.2, -0.15) is 0 Å². The summed E-state index contributed by atoms with van der Waals surface area (Å²) in [6, 6.07) is -0.658. The van der Waals surface area contributed by atoms with Gasteiger partial charge in [-0.25, -0.2) is 4.79 Å². The Morgan fingerprint density at radius 2 is 2.04 bits per heavy atom. The summed E-state index contributed by atoms with van der Waals surface area (Å²) in [6.45, 7) is 3.79. The highest BCUT2D eigenvalue weighted by atomic mass is 16.2. The number of aromatic amines is 1. The first kappa shape index (κ1) is 23.1. The number of rotatable bonds is 11. The van der Waals surface area contributed by atoms with Crippen LogP contribution in [0.4, 0.5) is 0 Å². The molecule has 0 saturated heterocycles. The molecular weight excluding hydrogens is 366 g/mol. The van der Waals surface area contributed by atoms with E-state index in [2.05, 4.69) is 15.3 Å². The number of hydrogen-bond donors (Lipinski definition) is 4. The summed E-state index contributed by atoms with van der Waals surface area (Å²) in [7, 11) is 1.74. The molecule has 1 rings (SSSR count). The van der Waals surface area contributed by atoms with Crippen LogP contribution in [-0.4, -0.2) is 64.8 Å². The molecule has 0 aliphatic rings. The summed E-state index contributed by atoms with van der Waals surface area (Å²) >= 11 is 0. The van der Waals surface area contributed by atoms with Gasteiger partial charge in [-0.3, -0.25) is 28.9 Å². The maximum atomic E-state index is 12.9. The standard InChI is InChI=1S/C17H29N7O4/c1-11-9-23(17(28)22-15(11)27)10-14(26)24(8-7-20-3)13(12(2)25)5-4-6-21-16(18)19/h9,13,20H,4-8,10H2,1-3H3,(H4,18,19,21)(H,22,27,28)/t13-/m1/s1. The van der Waals surface area contributed by atoms with Crippen LogP contribution in [0.1, 0.15) is 25.3 Å². The predicted molar refractivity (Wildman–Crippen MR) is 106 cm³/mol. The summed E-state index contributed by atoms with van der Waals surface area (Å²) in [4.78, 5) is 56.0. The SMILES string of the molecule is CNCCN(C(=O)Cn1cc(C)c(=O)[nH]c1=O)[C@H](CCCN=C(N)N)C(C)=O. The summed E-state index contributed by atoms with van der Waals surface area (Å²) in [5.41, 5.74) is 9.73. The van der Waals surface area contributed by atoms with E-state index >= 15 is 0 Å². The van der Waals surface area contributed by atoms with E-state index < -0.39 is 23.2 Å². The quantitative estimate of drug-likeness (QED) is 0.189. The number of likely N-dealkylation sites (N-methyl/N-ethyl adjacent to an activating group) is 1. The number of aromatic nitrogens is 2. The van der Waals surface area contributed by atoms with E-state index in [1.807, 2.05) is 0 Å². The second kappa shape index (κ2) is 11.0. The average molecular weight is 395 g/mol. The van der Waals surface area contributed by atoms with Crippen LogP contribution in [-0.2, 0) is 16.1 Å². The summed E-state index contributed by atoms with van der Waals surface area (Å²) < 4.78 is 1.13. The van der Waals surface area contributed by atoms with Crippen molar-refractivity contribution in [2.45, 2.75) is 39.3 Å². The zero-order valence-corrected chi connectivity index (χ0v) is 16.5. The Morgan fingerprint density at radius 3 is 2.61 bits per heavy atom. The second-order valence-electron chi connectivity index (χ2n) is 6.47. The smallest absolute Gasteiger partial charge is 0.328 e. The highest BCUT2D eigenvalue weighted by molar-refractivity contribution is 5.87. The Labute approximate surface area is 162 Å². The molecule has 0 spiro atoms. The molecule has 11 nitrogen and oxygen atoms in total. The molecule has 0 aromatic carbocycles. The van der Waals surface area contributed by atoms with Crippen molar-refractivity contribution in [1.82, 2.24) is 19.8 Å². The van der Waals surface area contributed by atoms with Crippen LogP contribution in [0.3, 0.4) is 0 Å². The number of aryl methyl sites for hydroxylation is 1.